The summed E-state index contributed by atoms with van der Waals surface area (Å²) >= 11 is 0. The normalized spacial score (nSPS) is 13.6. The number of benzene rings is 7. The van der Waals surface area contributed by atoms with E-state index < -0.39 is 52.5 Å². The molecule has 344 valence electrons. The SMILES string of the molecule is N#CC(C#N)=C1c2cc3c(cc2-c2c1cc(-c1ccc(C(F)(F)F)cc1)cc2-c1ccc(C(F)(F)F)cc1)-c1c(cc(-c2ccc(C(F)(F)F)cc2)cc1-c1ccc(C(F)(F)F)cc1)/C3=C(/C#N)C=N. The van der Waals surface area contributed by atoms with Crippen molar-refractivity contribution in [2.75, 3.05) is 0 Å². The average Bonchev–Trinajstić information content (AvgIpc) is 3.81. The van der Waals surface area contributed by atoms with Crippen molar-refractivity contribution in [3.8, 4) is 85.0 Å². The summed E-state index contributed by atoms with van der Waals surface area (Å²) in [4.78, 5) is 0. The highest BCUT2D eigenvalue weighted by molar-refractivity contribution is 6.17. The minimum atomic E-state index is -4.74. The molecule has 4 nitrogen and oxygen atoms in total. The number of alkyl halides is 12. The zero-order valence-electron chi connectivity index (χ0n) is 35.2. The van der Waals surface area contributed by atoms with E-state index in [1.165, 1.54) is 66.7 Å². The monoisotopic (exact) mass is 956 g/mol. The Bertz CT molecular complexity index is 3520. The van der Waals surface area contributed by atoms with Crippen LogP contribution in [0.25, 0.3) is 77.9 Å². The van der Waals surface area contributed by atoms with Gasteiger partial charge in [0.25, 0.3) is 0 Å². The molecule has 0 atom stereocenters. The van der Waals surface area contributed by atoms with E-state index in [2.05, 4.69) is 0 Å². The van der Waals surface area contributed by atoms with E-state index in [0.29, 0.717) is 11.1 Å². The van der Waals surface area contributed by atoms with E-state index in [1.807, 2.05) is 18.2 Å². The van der Waals surface area contributed by atoms with Gasteiger partial charge < -0.3 is 5.41 Å². The molecule has 70 heavy (non-hydrogen) atoms. The van der Waals surface area contributed by atoms with Crippen LogP contribution < -0.4 is 0 Å². The van der Waals surface area contributed by atoms with Crippen molar-refractivity contribution in [3.63, 3.8) is 0 Å². The van der Waals surface area contributed by atoms with Crippen LogP contribution in [0.4, 0.5) is 52.7 Å². The van der Waals surface area contributed by atoms with E-state index in [9.17, 15) is 68.5 Å². The van der Waals surface area contributed by atoms with E-state index in [1.54, 1.807) is 18.2 Å². The number of rotatable bonds is 5. The molecule has 0 unspecified atom stereocenters. The molecule has 0 bridgehead atoms. The van der Waals surface area contributed by atoms with Gasteiger partial charge in [0.1, 0.15) is 23.8 Å². The largest absolute Gasteiger partial charge is 0.416 e. The van der Waals surface area contributed by atoms with Gasteiger partial charge in [-0.1, -0.05) is 48.5 Å². The smallest absolute Gasteiger partial charge is 0.307 e. The van der Waals surface area contributed by atoms with Crippen LogP contribution in [0.2, 0.25) is 0 Å². The predicted octanol–water partition coefficient (Wildman–Crippen LogP) is 16.2. The summed E-state index contributed by atoms with van der Waals surface area (Å²) in [6.45, 7) is 0. The second-order valence-corrected chi connectivity index (χ2v) is 16.2. The first-order valence-corrected chi connectivity index (χ1v) is 20.5. The topological polar surface area (TPSA) is 95.2 Å². The van der Waals surface area contributed by atoms with Gasteiger partial charge in [0, 0.05) is 17.4 Å². The lowest BCUT2D eigenvalue weighted by molar-refractivity contribution is -0.138. The lowest BCUT2D eigenvalue weighted by atomic mass is 9.87. The van der Waals surface area contributed by atoms with Crippen molar-refractivity contribution in [2.24, 2.45) is 0 Å². The highest BCUT2D eigenvalue weighted by Crippen LogP contribution is 2.58. The molecule has 0 spiro atoms. The molecule has 7 aromatic rings. The second kappa shape index (κ2) is 16.5. The van der Waals surface area contributed by atoms with E-state index in [4.69, 9.17) is 5.41 Å². The molecule has 9 rings (SSSR count). The molecule has 2 aliphatic carbocycles. The van der Waals surface area contributed by atoms with E-state index in [0.717, 1.165) is 54.7 Å². The first kappa shape index (κ1) is 46.4. The Balaban J connectivity index is 1.38. The molecule has 0 saturated carbocycles. The summed E-state index contributed by atoms with van der Waals surface area (Å²) < 4.78 is 165. The molecule has 1 N–H and O–H groups in total. The van der Waals surface area contributed by atoms with Crippen LogP contribution in [0, 0.1) is 39.4 Å². The van der Waals surface area contributed by atoms with Crippen molar-refractivity contribution in [1.29, 1.82) is 21.2 Å². The molecule has 0 fully saturated rings. The number of hydrogen-bond acceptors (Lipinski definition) is 4. The summed E-state index contributed by atoms with van der Waals surface area (Å²) in [6, 6.07) is 31.3. The van der Waals surface area contributed by atoms with Crippen LogP contribution in [0.3, 0.4) is 0 Å². The van der Waals surface area contributed by atoms with Gasteiger partial charge in [0.15, 0.2) is 0 Å². The van der Waals surface area contributed by atoms with Gasteiger partial charge in [0.05, 0.1) is 27.8 Å². The summed E-state index contributed by atoms with van der Waals surface area (Å²) in [6.07, 6.45) is -18.1. The van der Waals surface area contributed by atoms with Crippen LogP contribution in [0.1, 0.15) is 44.5 Å². The molecule has 0 amide bonds. The third-order valence-electron chi connectivity index (χ3n) is 12.2. The number of nitrogens with one attached hydrogen (secondary N) is 1. The van der Waals surface area contributed by atoms with E-state index in [-0.39, 0.29) is 94.6 Å². The maximum Gasteiger partial charge on any atom is 0.416 e. The Morgan fingerprint density at radius 1 is 0.343 bits per heavy atom. The molecule has 0 radical (unpaired) electrons. The number of fused-ring (bicyclic) bond motifs is 6. The van der Waals surface area contributed by atoms with Crippen molar-refractivity contribution in [1.82, 2.24) is 0 Å². The van der Waals surface area contributed by atoms with Gasteiger partial charge in [-0.05, 0) is 174 Å². The Hall–Kier alpha value is -8.68. The second-order valence-electron chi connectivity index (χ2n) is 16.2. The zero-order valence-corrected chi connectivity index (χ0v) is 35.2. The number of hydrogen-bond donors (Lipinski definition) is 1. The van der Waals surface area contributed by atoms with Crippen molar-refractivity contribution in [3.05, 3.63) is 189 Å². The number of allylic oxidation sites excluding steroid dienone is 2. The first-order chi connectivity index (χ1) is 33.0. The van der Waals surface area contributed by atoms with Crippen molar-refractivity contribution < 1.29 is 52.7 Å². The molecule has 16 heteroatoms. The fourth-order valence-electron chi connectivity index (χ4n) is 9.00. The van der Waals surface area contributed by atoms with Gasteiger partial charge in [0.2, 0.25) is 0 Å². The summed E-state index contributed by atoms with van der Waals surface area (Å²) in [7, 11) is 0. The molecule has 7 aromatic carbocycles. The van der Waals surface area contributed by atoms with Gasteiger partial charge in [-0.3, -0.25) is 0 Å². The van der Waals surface area contributed by atoms with Crippen LogP contribution in [-0.4, -0.2) is 6.21 Å². The predicted molar refractivity (Wildman–Crippen MR) is 237 cm³/mol. The van der Waals surface area contributed by atoms with Gasteiger partial charge in [-0.15, -0.1) is 0 Å². The molecule has 0 aromatic heterocycles. The number of halogens is 12. The highest BCUT2D eigenvalue weighted by atomic mass is 19.4. The highest BCUT2D eigenvalue weighted by Gasteiger charge is 2.38. The number of nitrogens with zero attached hydrogens (tertiary/aromatic N) is 3. The third kappa shape index (κ3) is 7.95. The van der Waals surface area contributed by atoms with Crippen LogP contribution >= 0.6 is 0 Å². The minimum Gasteiger partial charge on any atom is -0.307 e. The van der Waals surface area contributed by atoms with E-state index >= 15 is 0 Å². The quantitative estimate of drug-likeness (QED) is 0.106. The van der Waals surface area contributed by atoms with Gasteiger partial charge in [-0.2, -0.15) is 68.5 Å². The molecule has 0 aliphatic heterocycles. The third-order valence-corrected chi connectivity index (χ3v) is 12.2. The Labute approximate surface area is 389 Å². The van der Waals surface area contributed by atoms with Gasteiger partial charge in [-0.25, -0.2) is 0 Å². The summed E-state index contributed by atoms with van der Waals surface area (Å²) in [5.74, 6) is 0. The number of nitriles is 3. The molecule has 0 heterocycles. The minimum absolute atomic E-state index is 0.0109. The lowest BCUT2D eigenvalue weighted by Gasteiger charge is -2.17. The van der Waals surface area contributed by atoms with Crippen LogP contribution in [-0.2, 0) is 24.7 Å². The molecule has 2 aliphatic rings. The van der Waals surface area contributed by atoms with Crippen LogP contribution in [0.5, 0.6) is 0 Å². The fraction of sp³-hybridized carbons (Fsp3) is 0.0741. The summed E-state index contributed by atoms with van der Waals surface area (Å²) in [5, 5.41) is 39.7. The molecular formula is C54H24F12N4. The Kier molecular flexibility index (Phi) is 11.0. The maximum absolute atomic E-state index is 13.9. The Morgan fingerprint density at radius 3 is 0.957 bits per heavy atom. The maximum atomic E-state index is 13.9. The van der Waals surface area contributed by atoms with Crippen molar-refractivity contribution >= 4 is 17.4 Å². The molecule has 0 saturated heterocycles. The summed E-state index contributed by atoms with van der Waals surface area (Å²) in [5.41, 5.74) is -0.658. The van der Waals surface area contributed by atoms with Crippen LogP contribution in [0.15, 0.2) is 145 Å². The standard InChI is InChI=1S/C54H24F12N4/c55-51(56,57)35-9-1-27(2-10-35)31-17-39(29-5-13-37(14-6-29)53(61,62)63)49-43-22-44-42(21-41(43)47(45(49)19-31)33(23-67)24-68)48(34(25-69)26-70)46-20-32(28-3-11-36(12-4-28)52(58,59)60)18-40(50(44)46)30-7-15-38(16-8-30)54(64,65)66/h1-23,67H/b47-33+,67-23?. The Morgan fingerprint density at radius 2 is 0.643 bits per heavy atom. The van der Waals surface area contributed by atoms with Gasteiger partial charge >= 0.3 is 24.7 Å². The fourth-order valence-corrected chi connectivity index (χ4v) is 9.00. The zero-order chi connectivity index (χ0) is 50.2. The molecular weight excluding hydrogens is 933 g/mol. The average molecular weight is 957 g/mol. The lowest BCUT2D eigenvalue weighted by Crippen LogP contribution is -2.04. The van der Waals surface area contributed by atoms with Crippen molar-refractivity contribution in [2.45, 2.75) is 24.7 Å². The first-order valence-electron chi connectivity index (χ1n) is 20.5.